The predicted octanol–water partition coefficient (Wildman–Crippen LogP) is 3.64. The van der Waals surface area contributed by atoms with E-state index in [4.69, 9.17) is 22.1 Å². The number of rotatable bonds is 4. The minimum atomic E-state index is -0.517. The highest BCUT2D eigenvalue weighted by Gasteiger charge is 2.20. The van der Waals surface area contributed by atoms with Crippen LogP contribution in [0.15, 0.2) is 42.9 Å². The van der Waals surface area contributed by atoms with Crippen molar-refractivity contribution in [2.75, 3.05) is 18.5 Å². The molecule has 0 spiro atoms. The standard InChI is InChI=1S/C20H19ClN4O2/c21-17-9-18-15(8-14(17)12-2-1-5-23-10-12)19(16(11-24-18)20(22)26)25-13-3-6-27-7-4-13/h1-2,5,8-11,13H,3-4,6-7H2,(H2,22,26)(H,24,25). The maximum absolute atomic E-state index is 12.0. The molecule has 0 radical (unpaired) electrons. The third-order valence-electron chi connectivity index (χ3n) is 4.76. The summed E-state index contributed by atoms with van der Waals surface area (Å²) in [5.74, 6) is -0.517. The number of aromatic nitrogens is 2. The summed E-state index contributed by atoms with van der Waals surface area (Å²) >= 11 is 6.49. The van der Waals surface area contributed by atoms with Gasteiger partial charge in [-0.05, 0) is 31.0 Å². The lowest BCUT2D eigenvalue weighted by Gasteiger charge is -2.26. The molecular formula is C20H19ClN4O2. The van der Waals surface area contributed by atoms with Gasteiger partial charge in [0.05, 0.1) is 21.8 Å². The van der Waals surface area contributed by atoms with Crippen molar-refractivity contribution < 1.29 is 9.53 Å². The number of hydrogen-bond acceptors (Lipinski definition) is 5. The van der Waals surface area contributed by atoms with Crippen LogP contribution in [-0.4, -0.2) is 35.1 Å². The van der Waals surface area contributed by atoms with Crippen LogP contribution in [0.4, 0.5) is 5.69 Å². The first-order valence-electron chi connectivity index (χ1n) is 8.80. The molecular weight excluding hydrogens is 364 g/mol. The van der Waals surface area contributed by atoms with Gasteiger partial charge in [-0.25, -0.2) is 0 Å². The first-order valence-corrected chi connectivity index (χ1v) is 9.18. The number of fused-ring (bicyclic) bond motifs is 1. The highest BCUT2D eigenvalue weighted by atomic mass is 35.5. The smallest absolute Gasteiger partial charge is 0.252 e. The highest BCUT2D eigenvalue weighted by molar-refractivity contribution is 6.34. The number of amides is 1. The lowest BCUT2D eigenvalue weighted by Crippen LogP contribution is -2.29. The van der Waals surface area contributed by atoms with Crippen LogP contribution < -0.4 is 11.1 Å². The molecule has 0 saturated carbocycles. The summed E-state index contributed by atoms with van der Waals surface area (Å²) in [5.41, 5.74) is 9.10. The summed E-state index contributed by atoms with van der Waals surface area (Å²) < 4.78 is 5.43. The third-order valence-corrected chi connectivity index (χ3v) is 5.08. The van der Waals surface area contributed by atoms with Gasteiger partial charge in [0.15, 0.2) is 0 Å². The number of pyridine rings is 2. The Morgan fingerprint density at radius 1 is 1.26 bits per heavy atom. The Labute approximate surface area is 161 Å². The van der Waals surface area contributed by atoms with Crippen LogP contribution in [-0.2, 0) is 4.74 Å². The molecule has 3 heterocycles. The molecule has 0 bridgehead atoms. The molecule has 138 valence electrons. The second-order valence-electron chi connectivity index (χ2n) is 6.53. The molecule has 2 aromatic heterocycles. The highest BCUT2D eigenvalue weighted by Crippen LogP contribution is 2.36. The van der Waals surface area contributed by atoms with E-state index in [1.807, 2.05) is 18.2 Å². The van der Waals surface area contributed by atoms with Crippen molar-refractivity contribution in [3.8, 4) is 11.1 Å². The molecule has 7 heteroatoms. The summed E-state index contributed by atoms with van der Waals surface area (Å²) in [6.07, 6.45) is 6.70. The lowest BCUT2D eigenvalue weighted by molar-refractivity contribution is 0.0904. The summed E-state index contributed by atoms with van der Waals surface area (Å²) in [6.45, 7) is 1.39. The molecule has 27 heavy (non-hydrogen) atoms. The van der Waals surface area contributed by atoms with E-state index in [9.17, 15) is 4.79 Å². The van der Waals surface area contributed by atoms with Gasteiger partial charge >= 0.3 is 0 Å². The van der Waals surface area contributed by atoms with Gasteiger partial charge < -0.3 is 15.8 Å². The summed E-state index contributed by atoms with van der Waals surface area (Å²) in [6, 6.07) is 7.75. The molecule has 1 aliphatic rings. The van der Waals surface area contributed by atoms with E-state index in [1.165, 1.54) is 6.20 Å². The number of ether oxygens (including phenoxy) is 1. The number of nitrogens with one attached hydrogen (secondary N) is 1. The maximum Gasteiger partial charge on any atom is 0.252 e. The summed E-state index contributed by atoms with van der Waals surface area (Å²) in [7, 11) is 0. The minimum Gasteiger partial charge on any atom is -0.381 e. The number of halogens is 1. The van der Waals surface area contributed by atoms with Gasteiger partial charge in [0, 0.05) is 54.4 Å². The topological polar surface area (TPSA) is 90.1 Å². The average Bonchev–Trinajstić information content (AvgIpc) is 2.69. The minimum absolute atomic E-state index is 0.208. The monoisotopic (exact) mass is 382 g/mol. The fraction of sp³-hybridized carbons (Fsp3) is 0.250. The van der Waals surface area contributed by atoms with Gasteiger partial charge in [0.25, 0.3) is 5.91 Å². The van der Waals surface area contributed by atoms with E-state index in [0.29, 0.717) is 35.0 Å². The van der Waals surface area contributed by atoms with E-state index >= 15 is 0 Å². The van der Waals surface area contributed by atoms with Crippen molar-refractivity contribution >= 4 is 34.1 Å². The van der Waals surface area contributed by atoms with Gasteiger partial charge in [-0.15, -0.1) is 0 Å². The van der Waals surface area contributed by atoms with Crippen molar-refractivity contribution in [2.45, 2.75) is 18.9 Å². The summed E-state index contributed by atoms with van der Waals surface area (Å²) in [4.78, 5) is 20.6. The quantitative estimate of drug-likeness (QED) is 0.718. The van der Waals surface area contributed by atoms with Crippen LogP contribution in [0.1, 0.15) is 23.2 Å². The molecule has 6 nitrogen and oxygen atoms in total. The molecule has 1 amide bonds. The maximum atomic E-state index is 12.0. The number of carbonyl (C=O) groups excluding carboxylic acids is 1. The first-order chi connectivity index (χ1) is 13.1. The Morgan fingerprint density at radius 3 is 2.78 bits per heavy atom. The fourth-order valence-electron chi connectivity index (χ4n) is 3.35. The number of hydrogen-bond donors (Lipinski definition) is 2. The zero-order chi connectivity index (χ0) is 18.8. The predicted molar refractivity (Wildman–Crippen MR) is 106 cm³/mol. The molecule has 0 atom stereocenters. The van der Waals surface area contributed by atoms with E-state index in [0.717, 1.165) is 29.4 Å². The zero-order valence-corrected chi connectivity index (χ0v) is 15.4. The van der Waals surface area contributed by atoms with E-state index in [-0.39, 0.29) is 6.04 Å². The molecule has 1 aromatic carbocycles. The van der Waals surface area contributed by atoms with Crippen molar-refractivity contribution in [1.82, 2.24) is 9.97 Å². The number of primary amides is 1. The van der Waals surface area contributed by atoms with Crippen LogP contribution in [0.2, 0.25) is 5.02 Å². The number of anilines is 1. The van der Waals surface area contributed by atoms with Crippen molar-refractivity contribution in [2.24, 2.45) is 5.73 Å². The number of benzene rings is 1. The van der Waals surface area contributed by atoms with Gasteiger partial charge in [-0.1, -0.05) is 17.7 Å². The molecule has 0 unspecified atom stereocenters. The Bertz CT molecular complexity index is 988. The van der Waals surface area contributed by atoms with Crippen LogP contribution in [0.3, 0.4) is 0 Å². The SMILES string of the molecule is NC(=O)c1cnc2cc(Cl)c(-c3cccnc3)cc2c1NC1CCOCC1. The van der Waals surface area contributed by atoms with E-state index in [1.54, 1.807) is 18.5 Å². The largest absolute Gasteiger partial charge is 0.381 e. The van der Waals surface area contributed by atoms with Gasteiger partial charge in [0.1, 0.15) is 0 Å². The fourth-order valence-corrected chi connectivity index (χ4v) is 3.61. The zero-order valence-electron chi connectivity index (χ0n) is 14.6. The number of carbonyl (C=O) groups is 1. The van der Waals surface area contributed by atoms with Gasteiger partial charge in [-0.3, -0.25) is 14.8 Å². The molecule has 4 rings (SSSR count). The number of nitrogens with two attached hydrogens (primary N) is 1. The van der Waals surface area contributed by atoms with Crippen LogP contribution >= 0.6 is 11.6 Å². The lowest BCUT2D eigenvalue weighted by atomic mass is 10.0. The second kappa shape index (κ2) is 7.50. The Kier molecular flexibility index (Phi) is 4.92. The molecule has 1 saturated heterocycles. The first kappa shape index (κ1) is 17.7. The molecule has 1 fully saturated rings. The molecule has 3 N–H and O–H groups in total. The molecule has 0 aliphatic carbocycles. The Hall–Kier alpha value is -2.70. The number of nitrogens with zero attached hydrogens (tertiary/aromatic N) is 2. The van der Waals surface area contributed by atoms with Crippen molar-refractivity contribution in [1.29, 1.82) is 0 Å². The Morgan fingerprint density at radius 2 is 2.07 bits per heavy atom. The third kappa shape index (κ3) is 3.59. The average molecular weight is 383 g/mol. The van der Waals surface area contributed by atoms with Crippen LogP contribution in [0, 0.1) is 0 Å². The van der Waals surface area contributed by atoms with Crippen LogP contribution in [0.5, 0.6) is 0 Å². The van der Waals surface area contributed by atoms with Gasteiger partial charge in [-0.2, -0.15) is 0 Å². The van der Waals surface area contributed by atoms with E-state index < -0.39 is 5.91 Å². The van der Waals surface area contributed by atoms with E-state index in [2.05, 4.69) is 15.3 Å². The molecule has 1 aliphatic heterocycles. The normalized spacial score (nSPS) is 15.0. The molecule has 3 aromatic rings. The summed E-state index contributed by atoms with van der Waals surface area (Å²) in [5, 5.41) is 4.87. The van der Waals surface area contributed by atoms with Gasteiger partial charge in [0.2, 0.25) is 0 Å². The Balaban J connectivity index is 1.88. The van der Waals surface area contributed by atoms with Crippen molar-refractivity contribution in [3.05, 3.63) is 53.4 Å². The van der Waals surface area contributed by atoms with Crippen LogP contribution in [0.25, 0.3) is 22.0 Å². The van der Waals surface area contributed by atoms with Crippen molar-refractivity contribution in [3.63, 3.8) is 0 Å². The second-order valence-corrected chi connectivity index (χ2v) is 6.94.